The summed E-state index contributed by atoms with van der Waals surface area (Å²) in [6.45, 7) is 2.98. The van der Waals surface area contributed by atoms with E-state index in [0.29, 0.717) is 41.6 Å². The van der Waals surface area contributed by atoms with Crippen LogP contribution in [0.1, 0.15) is 23.5 Å². The molecule has 1 N–H and O–H groups in total. The van der Waals surface area contributed by atoms with Crippen LogP contribution in [0.5, 0.6) is 11.5 Å². The summed E-state index contributed by atoms with van der Waals surface area (Å²) < 4.78 is 12.1. The van der Waals surface area contributed by atoms with Crippen molar-refractivity contribution in [1.82, 2.24) is 14.5 Å². The maximum absolute atomic E-state index is 13.0. The van der Waals surface area contributed by atoms with Crippen molar-refractivity contribution in [2.24, 2.45) is 5.92 Å². The van der Waals surface area contributed by atoms with Crippen LogP contribution in [-0.4, -0.2) is 48.3 Å². The van der Waals surface area contributed by atoms with Gasteiger partial charge in [0.25, 0.3) is 5.56 Å². The van der Waals surface area contributed by atoms with Crippen molar-refractivity contribution in [2.45, 2.75) is 25.3 Å². The zero-order chi connectivity index (χ0) is 21.5. The summed E-state index contributed by atoms with van der Waals surface area (Å²) >= 11 is 0. The Labute approximate surface area is 180 Å². The van der Waals surface area contributed by atoms with E-state index in [-0.39, 0.29) is 11.2 Å². The second-order valence-corrected chi connectivity index (χ2v) is 8.49. The van der Waals surface area contributed by atoms with Gasteiger partial charge in [0.15, 0.2) is 0 Å². The molecule has 2 aromatic carbocycles. The summed E-state index contributed by atoms with van der Waals surface area (Å²) in [5, 5.41) is 0.468. The van der Waals surface area contributed by atoms with E-state index in [2.05, 4.69) is 22.0 Å². The maximum atomic E-state index is 13.0. The molecule has 0 spiro atoms. The zero-order valence-electron chi connectivity index (χ0n) is 17.9. The maximum Gasteiger partial charge on any atom is 0.328 e. The normalized spacial score (nSPS) is 20.5. The van der Waals surface area contributed by atoms with Gasteiger partial charge in [-0.3, -0.25) is 9.36 Å². The van der Waals surface area contributed by atoms with Crippen molar-refractivity contribution < 1.29 is 9.47 Å². The van der Waals surface area contributed by atoms with Gasteiger partial charge in [-0.15, -0.1) is 0 Å². The standard InChI is InChI=1S/C24H27N3O4/c1-30-16-7-9-21-19(12-16)23(28)27(24(29)25-21)11-10-26-13-15-6-8-18-17(20(15)14-26)4-3-5-22(18)31-2/h3-5,7,9,12,15,20H,6,8,10-11,13-14H2,1-2H3,(H,25,29). The molecule has 1 aromatic heterocycles. The second kappa shape index (κ2) is 7.89. The third-order valence-corrected chi connectivity index (χ3v) is 6.90. The number of likely N-dealkylation sites (tertiary alicyclic amines) is 1. The molecule has 2 aliphatic rings. The highest BCUT2D eigenvalue weighted by Crippen LogP contribution is 2.43. The number of aromatic nitrogens is 2. The number of hydrogen-bond acceptors (Lipinski definition) is 5. The van der Waals surface area contributed by atoms with Gasteiger partial charge in [0.1, 0.15) is 11.5 Å². The summed E-state index contributed by atoms with van der Waals surface area (Å²) in [5.74, 6) is 2.67. The van der Waals surface area contributed by atoms with Gasteiger partial charge in [-0.1, -0.05) is 12.1 Å². The number of H-pyrrole nitrogens is 1. The molecule has 1 aliphatic heterocycles. The number of methoxy groups -OCH3 is 2. The Bertz CT molecular complexity index is 1250. The zero-order valence-corrected chi connectivity index (χ0v) is 17.9. The number of aromatic amines is 1. The van der Waals surface area contributed by atoms with Gasteiger partial charge < -0.3 is 19.4 Å². The Hall–Kier alpha value is -3.06. The molecular weight excluding hydrogens is 394 g/mol. The number of ether oxygens (including phenoxy) is 2. The molecule has 7 nitrogen and oxygen atoms in total. The van der Waals surface area contributed by atoms with Gasteiger partial charge in [0.05, 0.1) is 25.1 Å². The quantitative estimate of drug-likeness (QED) is 0.685. The van der Waals surface area contributed by atoms with Gasteiger partial charge in [-0.2, -0.15) is 0 Å². The number of nitrogens with zero attached hydrogens (tertiary/aromatic N) is 2. The SMILES string of the molecule is COc1ccc2[nH]c(=O)n(CCN3CC4CCc5c(OC)cccc5C4C3)c(=O)c2c1. The van der Waals surface area contributed by atoms with Crippen molar-refractivity contribution in [2.75, 3.05) is 33.9 Å². The molecule has 31 heavy (non-hydrogen) atoms. The summed E-state index contributed by atoms with van der Waals surface area (Å²) in [4.78, 5) is 30.7. The summed E-state index contributed by atoms with van der Waals surface area (Å²) in [6, 6.07) is 11.5. The number of nitrogens with one attached hydrogen (secondary N) is 1. The summed E-state index contributed by atoms with van der Waals surface area (Å²) in [6.07, 6.45) is 2.19. The Morgan fingerprint density at radius 3 is 2.74 bits per heavy atom. The Kier molecular flexibility index (Phi) is 5.06. The molecular formula is C24H27N3O4. The van der Waals surface area contributed by atoms with Crippen molar-refractivity contribution >= 4 is 10.9 Å². The minimum Gasteiger partial charge on any atom is -0.497 e. The van der Waals surface area contributed by atoms with E-state index < -0.39 is 0 Å². The van der Waals surface area contributed by atoms with E-state index in [1.54, 1.807) is 32.4 Å². The molecule has 0 bridgehead atoms. The van der Waals surface area contributed by atoms with Gasteiger partial charge in [-0.05, 0) is 54.2 Å². The monoisotopic (exact) mass is 421 g/mol. The molecule has 2 heterocycles. The third kappa shape index (κ3) is 3.43. The highest BCUT2D eigenvalue weighted by Gasteiger charge is 2.38. The van der Waals surface area contributed by atoms with Crippen molar-refractivity contribution in [3.63, 3.8) is 0 Å². The lowest BCUT2D eigenvalue weighted by atomic mass is 9.77. The van der Waals surface area contributed by atoms with Crippen LogP contribution in [0.2, 0.25) is 0 Å². The highest BCUT2D eigenvalue weighted by atomic mass is 16.5. The molecule has 0 saturated carbocycles. The van der Waals surface area contributed by atoms with Crippen LogP contribution >= 0.6 is 0 Å². The number of rotatable bonds is 5. The molecule has 0 radical (unpaired) electrons. The molecule has 5 rings (SSSR count). The smallest absolute Gasteiger partial charge is 0.328 e. The molecule has 3 aromatic rings. The molecule has 1 saturated heterocycles. The summed E-state index contributed by atoms with van der Waals surface area (Å²) in [5.41, 5.74) is 2.62. The minimum absolute atomic E-state index is 0.274. The molecule has 2 atom stereocenters. The van der Waals surface area contributed by atoms with Crippen LogP contribution in [0.4, 0.5) is 0 Å². The second-order valence-electron chi connectivity index (χ2n) is 8.49. The first-order valence-corrected chi connectivity index (χ1v) is 10.8. The molecule has 1 fully saturated rings. The van der Waals surface area contributed by atoms with Gasteiger partial charge in [-0.25, -0.2) is 4.79 Å². The fourth-order valence-corrected chi connectivity index (χ4v) is 5.31. The van der Waals surface area contributed by atoms with Crippen LogP contribution in [-0.2, 0) is 13.0 Å². The largest absolute Gasteiger partial charge is 0.497 e. The van der Waals surface area contributed by atoms with Crippen LogP contribution in [0, 0.1) is 5.92 Å². The van der Waals surface area contributed by atoms with Gasteiger partial charge >= 0.3 is 5.69 Å². The lowest BCUT2D eigenvalue weighted by Crippen LogP contribution is -2.38. The van der Waals surface area contributed by atoms with Crippen LogP contribution in [0.15, 0.2) is 46.0 Å². The highest BCUT2D eigenvalue weighted by molar-refractivity contribution is 5.78. The van der Waals surface area contributed by atoms with Crippen LogP contribution < -0.4 is 20.7 Å². The van der Waals surface area contributed by atoms with E-state index in [0.717, 1.165) is 31.7 Å². The van der Waals surface area contributed by atoms with Crippen LogP contribution in [0.3, 0.4) is 0 Å². The van der Waals surface area contributed by atoms with Crippen molar-refractivity contribution in [3.8, 4) is 11.5 Å². The third-order valence-electron chi connectivity index (χ3n) is 6.90. The minimum atomic E-state index is -0.366. The number of fused-ring (bicyclic) bond motifs is 4. The molecule has 1 aliphatic carbocycles. The average Bonchev–Trinajstić information content (AvgIpc) is 3.22. The van der Waals surface area contributed by atoms with Crippen molar-refractivity contribution in [3.05, 3.63) is 68.4 Å². The predicted octanol–water partition coefficient (Wildman–Crippen LogP) is 2.37. The molecule has 2 unspecified atom stereocenters. The fraction of sp³-hybridized carbons (Fsp3) is 0.417. The molecule has 162 valence electrons. The van der Waals surface area contributed by atoms with E-state index >= 15 is 0 Å². The Morgan fingerprint density at radius 1 is 1.06 bits per heavy atom. The van der Waals surface area contributed by atoms with E-state index in [1.807, 2.05) is 6.07 Å². The molecule has 7 heteroatoms. The number of benzene rings is 2. The van der Waals surface area contributed by atoms with E-state index in [1.165, 1.54) is 15.7 Å². The first-order chi connectivity index (χ1) is 15.1. The fourth-order valence-electron chi connectivity index (χ4n) is 5.31. The van der Waals surface area contributed by atoms with Crippen molar-refractivity contribution in [1.29, 1.82) is 0 Å². The predicted molar refractivity (Wildman–Crippen MR) is 119 cm³/mol. The lowest BCUT2D eigenvalue weighted by Gasteiger charge is -2.28. The summed E-state index contributed by atoms with van der Waals surface area (Å²) in [7, 11) is 3.29. The van der Waals surface area contributed by atoms with E-state index in [4.69, 9.17) is 9.47 Å². The first-order valence-electron chi connectivity index (χ1n) is 10.8. The van der Waals surface area contributed by atoms with E-state index in [9.17, 15) is 9.59 Å². The van der Waals surface area contributed by atoms with Gasteiger partial charge in [0, 0.05) is 32.1 Å². The molecule has 0 amide bonds. The lowest BCUT2D eigenvalue weighted by molar-refractivity contribution is 0.303. The van der Waals surface area contributed by atoms with Crippen LogP contribution in [0.25, 0.3) is 10.9 Å². The first kappa shape index (κ1) is 19.9. The average molecular weight is 421 g/mol. The topological polar surface area (TPSA) is 76.6 Å². The Morgan fingerprint density at radius 2 is 1.94 bits per heavy atom. The van der Waals surface area contributed by atoms with Gasteiger partial charge in [0.2, 0.25) is 0 Å². The number of hydrogen-bond donors (Lipinski definition) is 1. The Balaban J connectivity index is 1.36.